The first-order valence-electron chi connectivity index (χ1n) is 10.8. The molecule has 3 N–H and O–H groups in total. The molecule has 0 aromatic heterocycles. The third kappa shape index (κ3) is 4.61. The summed E-state index contributed by atoms with van der Waals surface area (Å²) in [5.74, 6) is -2.05. The third-order valence-electron chi connectivity index (χ3n) is 5.76. The number of benzene rings is 3. The second-order valence-electron chi connectivity index (χ2n) is 8.47. The number of carbonyl (C=O) groups is 3. The van der Waals surface area contributed by atoms with E-state index in [-0.39, 0.29) is 24.1 Å². The Morgan fingerprint density at radius 3 is 2.29 bits per heavy atom. The standard InChI is InChI=1S/C26H24FN3O4/c1-15(2)23(25(32)33)30-14-18-8-7-17(13-20(18)24(30)31)16-9-11-19(12-10-16)28-26(34)29-22-6-4-3-5-21(22)27/h3-13,15,23H,14H2,1-2H3,(H,32,33)(H2,28,29,34). The molecule has 174 valence electrons. The number of halogens is 1. The van der Waals surface area contributed by atoms with Crippen LogP contribution in [0.1, 0.15) is 29.8 Å². The van der Waals surface area contributed by atoms with E-state index in [1.165, 1.54) is 23.1 Å². The van der Waals surface area contributed by atoms with Crippen molar-refractivity contribution in [2.24, 2.45) is 5.92 Å². The maximum atomic E-state index is 13.7. The van der Waals surface area contributed by atoms with Crippen molar-refractivity contribution in [1.29, 1.82) is 0 Å². The molecule has 1 atom stereocenters. The molecule has 0 fully saturated rings. The van der Waals surface area contributed by atoms with Crippen LogP contribution in [0.25, 0.3) is 11.1 Å². The van der Waals surface area contributed by atoms with Gasteiger partial charge in [-0.05, 0) is 52.9 Å². The lowest BCUT2D eigenvalue weighted by Gasteiger charge is -2.27. The zero-order chi connectivity index (χ0) is 24.4. The molecule has 34 heavy (non-hydrogen) atoms. The molecule has 0 saturated heterocycles. The van der Waals surface area contributed by atoms with E-state index in [0.717, 1.165) is 16.7 Å². The minimum Gasteiger partial charge on any atom is -0.480 e. The van der Waals surface area contributed by atoms with Crippen LogP contribution in [0.5, 0.6) is 0 Å². The number of hydrogen-bond donors (Lipinski definition) is 3. The van der Waals surface area contributed by atoms with Gasteiger partial charge in [0.2, 0.25) is 0 Å². The Bertz CT molecular complexity index is 1260. The van der Waals surface area contributed by atoms with Crippen LogP contribution >= 0.6 is 0 Å². The number of carboxylic acid groups (broad SMARTS) is 1. The fourth-order valence-corrected chi connectivity index (χ4v) is 4.10. The number of urea groups is 1. The lowest BCUT2D eigenvalue weighted by molar-refractivity contribution is -0.144. The summed E-state index contributed by atoms with van der Waals surface area (Å²) in [5.41, 5.74) is 3.51. The topological polar surface area (TPSA) is 98.7 Å². The number of carbonyl (C=O) groups excluding carboxylic acids is 2. The number of nitrogens with zero attached hydrogens (tertiary/aromatic N) is 1. The molecule has 7 nitrogen and oxygen atoms in total. The van der Waals surface area contributed by atoms with E-state index in [2.05, 4.69) is 10.6 Å². The van der Waals surface area contributed by atoms with Gasteiger partial charge in [-0.2, -0.15) is 0 Å². The van der Waals surface area contributed by atoms with E-state index < -0.39 is 23.9 Å². The number of amides is 3. The van der Waals surface area contributed by atoms with Crippen molar-refractivity contribution in [1.82, 2.24) is 4.90 Å². The highest BCUT2D eigenvalue weighted by molar-refractivity contribution is 6.02. The van der Waals surface area contributed by atoms with Gasteiger partial charge in [0.05, 0.1) is 5.69 Å². The van der Waals surface area contributed by atoms with Crippen LogP contribution in [-0.2, 0) is 11.3 Å². The highest BCUT2D eigenvalue weighted by atomic mass is 19.1. The van der Waals surface area contributed by atoms with Crippen molar-refractivity contribution in [2.75, 3.05) is 10.6 Å². The molecule has 0 saturated carbocycles. The summed E-state index contributed by atoms with van der Waals surface area (Å²) >= 11 is 0. The molecule has 0 aliphatic carbocycles. The molecule has 3 aromatic rings. The van der Waals surface area contributed by atoms with Crippen LogP contribution in [0.15, 0.2) is 66.7 Å². The summed E-state index contributed by atoms with van der Waals surface area (Å²) in [5, 5.41) is 14.7. The Kier molecular flexibility index (Phi) is 6.32. The number of rotatable bonds is 6. The predicted octanol–water partition coefficient (Wildman–Crippen LogP) is 5.20. The largest absolute Gasteiger partial charge is 0.480 e. The Balaban J connectivity index is 1.47. The molecule has 1 heterocycles. The first-order chi connectivity index (χ1) is 16.2. The highest BCUT2D eigenvalue weighted by Crippen LogP contribution is 2.31. The molecule has 3 amide bonds. The Morgan fingerprint density at radius 1 is 0.971 bits per heavy atom. The van der Waals surface area contributed by atoms with E-state index in [1.54, 1.807) is 50.2 Å². The van der Waals surface area contributed by atoms with Gasteiger partial charge in [0, 0.05) is 17.8 Å². The fourth-order valence-electron chi connectivity index (χ4n) is 4.10. The molecular formula is C26H24FN3O4. The monoisotopic (exact) mass is 461 g/mol. The molecule has 1 aliphatic heterocycles. The zero-order valence-corrected chi connectivity index (χ0v) is 18.7. The van der Waals surface area contributed by atoms with Crippen molar-refractivity contribution in [3.63, 3.8) is 0 Å². The number of nitrogens with one attached hydrogen (secondary N) is 2. The third-order valence-corrected chi connectivity index (χ3v) is 5.76. The highest BCUT2D eigenvalue weighted by Gasteiger charge is 2.38. The van der Waals surface area contributed by atoms with Crippen molar-refractivity contribution in [3.05, 3.63) is 83.7 Å². The van der Waals surface area contributed by atoms with Gasteiger partial charge in [0.25, 0.3) is 5.91 Å². The molecule has 0 spiro atoms. The van der Waals surface area contributed by atoms with E-state index in [0.29, 0.717) is 11.3 Å². The van der Waals surface area contributed by atoms with Gasteiger partial charge in [-0.15, -0.1) is 0 Å². The van der Waals surface area contributed by atoms with Crippen molar-refractivity contribution >= 4 is 29.3 Å². The predicted molar refractivity (Wildman–Crippen MR) is 127 cm³/mol. The number of aliphatic carboxylic acids is 1. The number of anilines is 2. The molecule has 0 radical (unpaired) electrons. The Labute approximate surface area is 196 Å². The maximum absolute atomic E-state index is 13.7. The van der Waals surface area contributed by atoms with E-state index in [4.69, 9.17) is 0 Å². The van der Waals surface area contributed by atoms with Crippen molar-refractivity contribution < 1.29 is 23.9 Å². The minimum atomic E-state index is -1.02. The second-order valence-corrected chi connectivity index (χ2v) is 8.47. The lowest BCUT2D eigenvalue weighted by Crippen LogP contribution is -2.44. The van der Waals surface area contributed by atoms with Gasteiger partial charge >= 0.3 is 12.0 Å². The summed E-state index contributed by atoms with van der Waals surface area (Å²) in [4.78, 5) is 38.2. The van der Waals surface area contributed by atoms with Gasteiger partial charge in [-0.1, -0.05) is 50.2 Å². The first-order valence-corrected chi connectivity index (χ1v) is 10.8. The summed E-state index contributed by atoms with van der Waals surface area (Å²) < 4.78 is 13.7. The smallest absolute Gasteiger partial charge is 0.326 e. The van der Waals surface area contributed by atoms with Gasteiger partial charge in [0.15, 0.2) is 0 Å². The normalized spacial score (nSPS) is 13.5. The Hall–Kier alpha value is -4.20. The van der Waals surface area contributed by atoms with Crippen LogP contribution in [-0.4, -0.2) is 34.0 Å². The quantitative estimate of drug-likeness (QED) is 0.470. The molecule has 8 heteroatoms. The summed E-state index contributed by atoms with van der Waals surface area (Å²) in [7, 11) is 0. The summed E-state index contributed by atoms with van der Waals surface area (Å²) in [6.45, 7) is 3.84. The molecule has 3 aromatic carbocycles. The van der Waals surface area contributed by atoms with Crippen LogP contribution in [0, 0.1) is 11.7 Å². The van der Waals surface area contributed by atoms with E-state index >= 15 is 0 Å². The van der Waals surface area contributed by atoms with Gasteiger partial charge < -0.3 is 20.6 Å². The van der Waals surface area contributed by atoms with Crippen LogP contribution in [0.4, 0.5) is 20.6 Å². The average molecular weight is 461 g/mol. The lowest BCUT2D eigenvalue weighted by atomic mass is 10.00. The van der Waals surface area contributed by atoms with Crippen LogP contribution < -0.4 is 10.6 Å². The molecule has 1 aliphatic rings. The molecule has 0 bridgehead atoms. The minimum absolute atomic E-state index is 0.0797. The average Bonchev–Trinajstić information content (AvgIpc) is 3.11. The van der Waals surface area contributed by atoms with Crippen LogP contribution in [0.3, 0.4) is 0 Å². The first kappa shape index (κ1) is 23.0. The van der Waals surface area contributed by atoms with Gasteiger partial charge in [-0.3, -0.25) is 4.79 Å². The van der Waals surface area contributed by atoms with Gasteiger partial charge in [-0.25, -0.2) is 14.0 Å². The second kappa shape index (κ2) is 9.35. The fraction of sp³-hybridized carbons (Fsp3) is 0.192. The molecule has 1 unspecified atom stereocenters. The number of hydrogen-bond acceptors (Lipinski definition) is 3. The van der Waals surface area contributed by atoms with Crippen molar-refractivity contribution in [3.8, 4) is 11.1 Å². The molecular weight excluding hydrogens is 437 g/mol. The number of carboxylic acids is 1. The number of fused-ring (bicyclic) bond motifs is 1. The Morgan fingerprint density at radius 2 is 1.65 bits per heavy atom. The maximum Gasteiger partial charge on any atom is 0.326 e. The van der Waals surface area contributed by atoms with E-state index in [1.807, 2.05) is 12.1 Å². The van der Waals surface area contributed by atoms with E-state index in [9.17, 15) is 23.9 Å². The SMILES string of the molecule is CC(C)C(C(=O)O)N1Cc2ccc(-c3ccc(NC(=O)Nc4ccccc4F)cc3)cc2C1=O. The number of para-hydroxylation sites is 1. The van der Waals surface area contributed by atoms with Gasteiger partial charge in [0.1, 0.15) is 11.9 Å². The van der Waals surface area contributed by atoms with Crippen molar-refractivity contribution in [2.45, 2.75) is 26.4 Å². The zero-order valence-electron chi connectivity index (χ0n) is 18.7. The van der Waals surface area contributed by atoms with Crippen LogP contribution in [0.2, 0.25) is 0 Å². The molecule has 4 rings (SSSR count). The summed E-state index contributed by atoms with van der Waals surface area (Å²) in [6.07, 6.45) is 0. The summed E-state index contributed by atoms with van der Waals surface area (Å²) in [6, 6.07) is 16.9.